The lowest BCUT2D eigenvalue weighted by Crippen LogP contribution is -3.00. The number of nitrogens with zero attached hydrogens (tertiary/aromatic N) is 2. The van der Waals surface area contributed by atoms with Crippen molar-refractivity contribution in [3.63, 3.8) is 0 Å². The number of rotatable bonds is 0. The van der Waals surface area contributed by atoms with Crippen molar-refractivity contribution in [2.45, 2.75) is 77.3 Å². The summed E-state index contributed by atoms with van der Waals surface area (Å²) >= 11 is 0. The van der Waals surface area contributed by atoms with Crippen molar-refractivity contribution in [2.24, 2.45) is 0 Å². The first-order chi connectivity index (χ1) is 9.67. The van der Waals surface area contributed by atoms with Crippen LogP contribution >= 0.6 is 0 Å². The molecule has 2 unspecified atom stereocenters. The number of halogens is 1. The van der Waals surface area contributed by atoms with E-state index >= 15 is 0 Å². The summed E-state index contributed by atoms with van der Waals surface area (Å²) in [6.45, 7) is 14.0. The zero-order valence-corrected chi connectivity index (χ0v) is 15.1. The summed E-state index contributed by atoms with van der Waals surface area (Å²) in [4.78, 5) is 0. The zero-order valence-electron chi connectivity index (χ0n) is 14.3. The highest BCUT2D eigenvalue weighted by Crippen LogP contribution is 2.33. The molecule has 0 amide bonds. The van der Waals surface area contributed by atoms with Crippen molar-refractivity contribution in [3.8, 4) is 0 Å². The molecule has 0 aromatic rings. The third-order valence-electron chi connectivity index (χ3n) is 7.30. The standard InChI is InChI=1S/C18H36N2.ClH/c1-17-9-5-3-7-11-19(17)13-15-20(16-14-19)12-8-4-6-10-18(20)2;/h17-18H,3-16H2,1-2H3;1H/q+2;/p-1. The van der Waals surface area contributed by atoms with Crippen LogP contribution in [0.4, 0.5) is 0 Å². The summed E-state index contributed by atoms with van der Waals surface area (Å²) < 4.78 is 2.96. The molecule has 21 heavy (non-hydrogen) atoms. The number of hydrogen-bond acceptors (Lipinski definition) is 0. The first-order valence-corrected chi connectivity index (χ1v) is 9.38. The molecule has 3 heteroatoms. The monoisotopic (exact) mass is 315 g/mol. The fourth-order valence-corrected chi connectivity index (χ4v) is 5.42. The molecule has 0 radical (unpaired) electrons. The summed E-state index contributed by atoms with van der Waals surface area (Å²) in [7, 11) is 0. The van der Waals surface area contributed by atoms with Gasteiger partial charge in [0.25, 0.3) is 0 Å². The van der Waals surface area contributed by atoms with Gasteiger partial charge >= 0.3 is 0 Å². The van der Waals surface area contributed by atoms with Crippen molar-refractivity contribution in [2.75, 3.05) is 39.3 Å². The molecule has 2 nitrogen and oxygen atoms in total. The third kappa shape index (κ3) is 3.43. The van der Waals surface area contributed by atoms with Gasteiger partial charge in [-0.15, -0.1) is 0 Å². The van der Waals surface area contributed by atoms with Gasteiger partial charge in [-0.25, -0.2) is 0 Å². The molecule has 0 aromatic carbocycles. The van der Waals surface area contributed by atoms with Crippen molar-refractivity contribution in [1.82, 2.24) is 0 Å². The Kier molecular flexibility index (Phi) is 6.01. The third-order valence-corrected chi connectivity index (χ3v) is 7.30. The van der Waals surface area contributed by atoms with Crippen molar-refractivity contribution in [1.29, 1.82) is 0 Å². The van der Waals surface area contributed by atoms with Crippen LogP contribution < -0.4 is 12.4 Å². The van der Waals surface area contributed by atoms with Crippen LogP contribution in [0.3, 0.4) is 0 Å². The van der Waals surface area contributed by atoms with Gasteiger partial charge in [0.15, 0.2) is 0 Å². The highest BCUT2D eigenvalue weighted by Gasteiger charge is 2.47. The maximum Gasteiger partial charge on any atom is 0.129 e. The molecule has 0 aromatic heterocycles. The van der Waals surface area contributed by atoms with E-state index in [2.05, 4.69) is 13.8 Å². The fourth-order valence-electron chi connectivity index (χ4n) is 5.42. The first-order valence-electron chi connectivity index (χ1n) is 9.38. The summed E-state index contributed by atoms with van der Waals surface area (Å²) in [5, 5.41) is 0. The molecule has 124 valence electrons. The lowest BCUT2D eigenvalue weighted by atomic mass is 10.0. The summed E-state index contributed by atoms with van der Waals surface area (Å²) in [5.74, 6) is 0. The van der Waals surface area contributed by atoms with E-state index in [9.17, 15) is 0 Å². The summed E-state index contributed by atoms with van der Waals surface area (Å²) in [6, 6.07) is 1.86. The molecular formula is C18H36ClN2+. The van der Waals surface area contributed by atoms with Gasteiger partial charge in [0.05, 0.1) is 25.2 Å². The van der Waals surface area contributed by atoms with Gasteiger partial charge in [0.1, 0.15) is 26.2 Å². The predicted molar refractivity (Wildman–Crippen MR) is 85.6 cm³/mol. The van der Waals surface area contributed by atoms with Crippen LogP contribution in [-0.2, 0) is 0 Å². The molecule has 0 saturated carbocycles. The molecule has 2 atom stereocenters. The number of quaternary nitrogens is 2. The van der Waals surface area contributed by atoms with Crippen LogP contribution in [-0.4, -0.2) is 60.3 Å². The zero-order chi connectivity index (χ0) is 14.1. The molecule has 0 N–H and O–H groups in total. The molecule has 3 saturated heterocycles. The lowest BCUT2D eigenvalue weighted by Gasteiger charge is -2.53. The second-order valence-electron chi connectivity index (χ2n) is 8.18. The maximum absolute atomic E-state index is 2.55. The van der Waals surface area contributed by atoms with Gasteiger partial charge in [-0.1, -0.05) is 0 Å². The molecule has 3 fully saturated rings. The van der Waals surface area contributed by atoms with E-state index in [4.69, 9.17) is 0 Å². The van der Waals surface area contributed by atoms with Gasteiger partial charge in [0, 0.05) is 0 Å². The van der Waals surface area contributed by atoms with Crippen LogP contribution in [0.15, 0.2) is 0 Å². The Balaban J connectivity index is 0.00000161. The van der Waals surface area contributed by atoms with E-state index in [1.807, 2.05) is 0 Å². The Morgan fingerprint density at radius 3 is 1.29 bits per heavy atom. The molecule has 3 rings (SSSR count). The van der Waals surface area contributed by atoms with Crippen LogP contribution in [0, 0.1) is 0 Å². The Bertz CT molecular complexity index is 291. The molecule has 0 aliphatic carbocycles. The van der Waals surface area contributed by atoms with Crippen molar-refractivity contribution in [3.05, 3.63) is 0 Å². The van der Waals surface area contributed by atoms with E-state index in [1.165, 1.54) is 99.6 Å². The van der Waals surface area contributed by atoms with E-state index in [0.29, 0.717) is 0 Å². The van der Waals surface area contributed by atoms with Crippen LogP contribution in [0.5, 0.6) is 0 Å². The number of hydrogen-bond donors (Lipinski definition) is 0. The normalized spacial score (nSPS) is 44.9. The highest BCUT2D eigenvalue weighted by molar-refractivity contribution is 4.69. The number of piperazine rings is 1. The van der Waals surface area contributed by atoms with Crippen LogP contribution in [0.25, 0.3) is 0 Å². The average molecular weight is 316 g/mol. The Morgan fingerprint density at radius 2 is 0.905 bits per heavy atom. The predicted octanol–water partition coefficient (Wildman–Crippen LogP) is 0.563. The second-order valence-corrected chi connectivity index (χ2v) is 8.18. The Labute approximate surface area is 138 Å². The van der Waals surface area contributed by atoms with Gasteiger partial charge < -0.3 is 21.4 Å². The summed E-state index contributed by atoms with van der Waals surface area (Å²) in [6.07, 6.45) is 11.9. The molecule has 3 heterocycles. The van der Waals surface area contributed by atoms with Crippen molar-refractivity contribution >= 4 is 0 Å². The topological polar surface area (TPSA) is 0 Å². The molecule has 2 spiro atoms. The average Bonchev–Trinajstić information content (AvgIpc) is 2.74. The Hall–Kier alpha value is 0.210. The minimum absolute atomic E-state index is 0. The van der Waals surface area contributed by atoms with Gasteiger partial charge in [0.2, 0.25) is 0 Å². The van der Waals surface area contributed by atoms with E-state index in [-0.39, 0.29) is 12.4 Å². The molecular weight excluding hydrogens is 280 g/mol. The largest absolute Gasteiger partial charge is 1.00 e. The minimum atomic E-state index is 0. The molecule has 3 aliphatic heterocycles. The smallest absolute Gasteiger partial charge is 0.129 e. The second kappa shape index (κ2) is 7.19. The highest BCUT2D eigenvalue weighted by atomic mass is 35.5. The quantitative estimate of drug-likeness (QED) is 0.573. The SMILES string of the molecule is CC1CCCCC[N+]12CC[N+]1(CCCCCC1C)CC2.[Cl-]. The van der Waals surface area contributed by atoms with E-state index in [0.717, 1.165) is 12.1 Å². The van der Waals surface area contributed by atoms with Gasteiger partial charge in [-0.2, -0.15) is 0 Å². The Morgan fingerprint density at radius 1 is 0.524 bits per heavy atom. The molecule has 3 aliphatic rings. The van der Waals surface area contributed by atoms with Crippen LogP contribution in [0.2, 0.25) is 0 Å². The first kappa shape index (κ1) is 17.6. The van der Waals surface area contributed by atoms with E-state index in [1.54, 1.807) is 0 Å². The maximum atomic E-state index is 2.55. The van der Waals surface area contributed by atoms with Crippen LogP contribution in [0.1, 0.15) is 65.2 Å². The summed E-state index contributed by atoms with van der Waals surface area (Å²) in [5.41, 5.74) is 0. The van der Waals surface area contributed by atoms with E-state index < -0.39 is 0 Å². The fraction of sp³-hybridized carbons (Fsp3) is 1.00. The van der Waals surface area contributed by atoms with Gasteiger partial charge in [-0.3, -0.25) is 0 Å². The molecule has 0 bridgehead atoms. The lowest BCUT2D eigenvalue weighted by molar-refractivity contribution is -1.05. The van der Waals surface area contributed by atoms with Crippen molar-refractivity contribution < 1.29 is 21.4 Å². The minimum Gasteiger partial charge on any atom is -1.00 e. The van der Waals surface area contributed by atoms with Gasteiger partial charge in [-0.05, 0) is 65.2 Å².